The molecule has 162 valence electrons. The summed E-state index contributed by atoms with van der Waals surface area (Å²) in [7, 11) is 1.51. The Bertz CT molecular complexity index is 927. The third-order valence-corrected chi connectivity index (χ3v) is 6.03. The lowest BCUT2D eigenvalue weighted by Crippen LogP contribution is -2.42. The quantitative estimate of drug-likeness (QED) is 0.788. The zero-order valence-corrected chi connectivity index (χ0v) is 16.9. The monoisotopic (exact) mass is 422 g/mol. The van der Waals surface area contributed by atoms with Crippen LogP contribution in [-0.2, 0) is 0 Å². The maximum atomic E-state index is 13.9. The Kier molecular flexibility index (Phi) is 5.38. The summed E-state index contributed by atoms with van der Waals surface area (Å²) in [6.07, 6.45) is -0.620. The second-order valence-corrected chi connectivity index (χ2v) is 7.96. The van der Waals surface area contributed by atoms with Crippen LogP contribution in [0.5, 0.6) is 5.75 Å². The van der Waals surface area contributed by atoms with Gasteiger partial charge in [-0.15, -0.1) is 0 Å². The van der Waals surface area contributed by atoms with Gasteiger partial charge < -0.3 is 15.0 Å². The van der Waals surface area contributed by atoms with Gasteiger partial charge in [-0.3, -0.25) is 4.79 Å². The molecule has 1 amide bonds. The molecule has 1 aromatic heterocycles. The first kappa shape index (κ1) is 20.6. The first-order valence-electron chi connectivity index (χ1n) is 10.1. The van der Waals surface area contributed by atoms with Gasteiger partial charge in [-0.2, -0.15) is 18.3 Å². The lowest BCUT2D eigenvalue weighted by molar-refractivity contribution is -0.173. The summed E-state index contributed by atoms with van der Waals surface area (Å²) >= 11 is 0. The van der Waals surface area contributed by atoms with Crippen LogP contribution in [0.2, 0.25) is 0 Å². The molecular weight excluding hydrogens is 397 g/mol. The van der Waals surface area contributed by atoms with E-state index in [9.17, 15) is 18.0 Å². The highest BCUT2D eigenvalue weighted by Crippen LogP contribution is 2.45. The average Bonchev–Trinajstić information content (AvgIpc) is 3.16. The molecule has 0 bridgehead atoms. The summed E-state index contributed by atoms with van der Waals surface area (Å²) in [6.45, 7) is 2.57. The zero-order chi connectivity index (χ0) is 21.5. The number of hydrogen-bond acceptors (Lipinski definition) is 4. The number of hydrogen-bond donors (Lipinski definition) is 1. The molecule has 2 aliphatic rings. The van der Waals surface area contributed by atoms with Crippen molar-refractivity contribution in [3.63, 3.8) is 0 Å². The molecule has 2 aromatic rings. The van der Waals surface area contributed by atoms with Crippen LogP contribution in [0.25, 0.3) is 0 Å². The number of piperidine rings is 1. The Labute approximate surface area is 173 Å². The molecule has 9 heteroatoms. The number of fused-ring (bicyclic) bond motifs is 1. The standard InChI is InChI=1S/C21H25F3N4O2/c1-13-6-3-4-9-27(13)20(29)16-12-25-28-18(21(22,23)24)11-17(26-19(16)28)14-7-5-8-15(10-14)30-2/h5,7-8,10,12-13,17-18,26H,3-4,6,9,11H2,1-2H3/t13-,17+,18-/m1/s1. The number of aromatic nitrogens is 2. The summed E-state index contributed by atoms with van der Waals surface area (Å²) < 4.78 is 47.8. The number of carbonyl (C=O) groups is 1. The van der Waals surface area contributed by atoms with Crippen molar-refractivity contribution in [2.24, 2.45) is 0 Å². The molecule has 1 N–H and O–H groups in total. The maximum absolute atomic E-state index is 13.9. The topological polar surface area (TPSA) is 59.4 Å². The van der Waals surface area contributed by atoms with Crippen LogP contribution in [0, 0.1) is 0 Å². The van der Waals surface area contributed by atoms with E-state index in [4.69, 9.17) is 4.74 Å². The molecule has 1 fully saturated rings. The Morgan fingerprint density at radius 1 is 1.30 bits per heavy atom. The highest BCUT2D eigenvalue weighted by atomic mass is 19.4. The van der Waals surface area contributed by atoms with Gasteiger partial charge in [0.2, 0.25) is 0 Å². The van der Waals surface area contributed by atoms with Crippen LogP contribution in [0.3, 0.4) is 0 Å². The summed E-state index contributed by atoms with van der Waals surface area (Å²) in [4.78, 5) is 14.9. The molecule has 1 saturated heterocycles. The number of halogens is 3. The molecule has 6 nitrogen and oxygen atoms in total. The molecule has 0 unspecified atom stereocenters. The van der Waals surface area contributed by atoms with E-state index < -0.39 is 18.3 Å². The predicted octanol–water partition coefficient (Wildman–Crippen LogP) is 4.57. The Hall–Kier alpha value is -2.71. The molecule has 3 heterocycles. The molecule has 1 aromatic carbocycles. The van der Waals surface area contributed by atoms with Crippen LogP contribution < -0.4 is 10.1 Å². The van der Waals surface area contributed by atoms with Gasteiger partial charge in [0.1, 0.15) is 17.1 Å². The van der Waals surface area contributed by atoms with Gasteiger partial charge >= 0.3 is 6.18 Å². The number of nitrogens with zero attached hydrogens (tertiary/aromatic N) is 3. The van der Waals surface area contributed by atoms with Gasteiger partial charge in [0, 0.05) is 19.0 Å². The number of ether oxygens (including phenoxy) is 1. The van der Waals surface area contributed by atoms with E-state index in [0.29, 0.717) is 17.9 Å². The smallest absolute Gasteiger partial charge is 0.410 e. The van der Waals surface area contributed by atoms with Crippen LogP contribution in [0.4, 0.5) is 19.0 Å². The fourth-order valence-electron chi connectivity index (χ4n) is 4.35. The number of carbonyl (C=O) groups excluding carboxylic acids is 1. The predicted molar refractivity (Wildman–Crippen MR) is 106 cm³/mol. The fraction of sp³-hybridized carbons (Fsp3) is 0.524. The van der Waals surface area contributed by atoms with Crippen LogP contribution in [-0.4, -0.2) is 46.5 Å². The van der Waals surface area contributed by atoms with E-state index in [1.807, 2.05) is 6.92 Å². The number of likely N-dealkylation sites (tertiary alicyclic amines) is 1. The number of rotatable bonds is 3. The number of nitrogens with one attached hydrogen (secondary N) is 1. The number of benzene rings is 1. The SMILES string of the molecule is COc1cccc([C@@H]2C[C@H](C(F)(F)F)n3ncc(C(=O)N4CCCC[C@H]4C)c3N2)c1. The third kappa shape index (κ3) is 3.73. The maximum Gasteiger partial charge on any atom is 0.410 e. The van der Waals surface area contributed by atoms with Crippen molar-refractivity contribution in [1.82, 2.24) is 14.7 Å². The largest absolute Gasteiger partial charge is 0.497 e. The fourth-order valence-corrected chi connectivity index (χ4v) is 4.35. The lowest BCUT2D eigenvalue weighted by atomic mass is 9.96. The molecule has 0 radical (unpaired) electrons. The Morgan fingerprint density at radius 3 is 2.80 bits per heavy atom. The molecule has 3 atom stereocenters. The van der Waals surface area contributed by atoms with Gasteiger partial charge in [-0.25, -0.2) is 4.68 Å². The highest BCUT2D eigenvalue weighted by molar-refractivity contribution is 5.99. The highest BCUT2D eigenvalue weighted by Gasteiger charge is 2.47. The average molecular weight is 422 g/mol. The molecule has 0 spiro atoms. The first-order valence-corrected chi connectivity index (χ1v) is 10.1. The third-order valence-electron chi connectivity index (χ3n) is 6.03. The van der Waals surface area contributed by atoms with Crippen molar-refractivity contribution in [1.29, 1.82) is 0 Å². The van der Waals surface area contributed by atoms with Gasteiger partial charge in [-0.1, -0.05) is 12.1 Å². The molecule has 4 rings (SSSR count). The minimum atomic E-state index is -4.49. The summed E-state index contributed by atoms with van der Waals surface area (Å²) in [5, 5.41) is 7.12. The summed E-state index contributed by atoms with van der Waals surface area (Å²) in [5.74, 6) is 0.415. The van der Waals surface area contributed by atoms with Gasteiger partial charge in [0.15, 0.2) is 6.04 Å². The summed E-state index contributed by atoms with van der Waals surface area (Å²) in [6, 6.07) is 4.57. The minimum Gasteiger partial charge on any atom is -0.497 e. The van der Waals surface area contributed by atoms with Crippen LogP contribution in [0.1, 0.15) is 60.6 Å². The minimum absolute atomic E-state index is 0.0537. The summed E-state index contributed by atoms with van der Waals surface area (Å²) in [5.41, 5.74) is 0.853. The second kappa shape index (κ2) is 7.85. The van der Waals surface area contributed by atoms with Crippen LogP contribution in [0.15, 0.2) is 30.5 Å². The Balaban J connectivity index is 1.72. The first-order chi connectivity index (χ1) is 14.3. The Morgan fingerprint density at radius 2 is 2.10 bits per heavy atom. The number of anilines is 1. The van der Waals surface area contributed by atoms with Crippen LogP contribution >= 0.6 is 0 Å². The molecule has 0 saturated carbocycles. The molecular formula is C21H25F3N4O2. The number of amides is 1. The van der Waals surface area contributed by atoms with E-state index in [1.165, 1.54) is 13.3 Å². The van der Waals surface area contributed by atoms with Crippen molar-refractivity contribution in [2.45, 2.75) is 56.9 Å². The molecule has 30 heavy (non-hydrogen) atoms. The van der Waals surface area contributed by atoms with Gasteiger partial charge in [0.25, 0.3) is 5.91 Å². The van der Waals surface area contributed by atoms with E-state index in [0.717, 1.165) is 23.9 Å². The van der Waals surface area contributed by atoms with E-state index in [1.54, 1.807) is 29.2 Å². The van der Waals surface area contributed by atoms with Gasteiger partial charge in [0.05, 0.1) is 19.3 Å². The number of methoxy groups -OCH3 is 1. The van der Waals surface area contributed by atoms with E-state index in [-0.39, 0.29) is 29.8 Å². The van der Waals surface area contributed by atoms with Crippen molar-refractivity contribution < 1.29 is 22.7 Å². The van der Waals surface area contributed by atoms with Gasteiger partial charge in [-0.05, 0) is 43.9 Å². The van der Waals surface area contributed by atoms with Crippen molar-refractivity contribution in [3.8, 4) is 5.75 Å². The second-order valence-electron chi connectivity index (χ2n) is 7.96. The van der Waals surface area contributed by atoms with Crippen molar-refractivity contribution >= 4 is 11.7 Å². The lowest BCUT2D eigenvalue weighted by Gasteiger charge is -2.36. The zero-order valence-electron chi connectivity index (χ0n) is 16.9. The molecule has 2 aliphatic heterocycles. The van der Waals surface area contributed by atoms with Crippen molar-refractivity contribution in [3.05, 3.63) is 41.6 Å². The van der Waals surface area contributed by atoms with E-state index in [2.05, 4.69) is 10.4 Å². The van der Waals surface area contributed by atoms with E-state index >= 15 is 0 Å². The van der Waals surface area contributed by atoms with Crippen molar-refractivity contribution in [2.75, 3.05) is 19.0 Å². The number of alkyl halides is 3. The normalized spacial score (nSPS) is 24.2. The molecule has 0 aliphatic carbocycles.